The van der Waals surface area contributed by atoms with E-state index in [1.54, 1.807) is 0 Å². The van der Waals surface area contributed by atoms with Crippen molar-refractivity contribution >= 4 is 11.9 Å². The molecule has 2 aromatic heterocycles. The fourth-order valence-corrected chi connectivity index (χ4v) is 3.91. The Morgan fingerprint density at radius 3 is 2.73 bits per heavy atom. The summed E-state index contributed by atoms with van der Waals surface area (Å²) < 4.78 is 8.13. The number of nitrogens with zero attached hydrogens (tertiary/aromatic N) is 5. The molecule has 0 bridgehead atoms. The molecule has 0 atom stereocenters. The first kappa shape index (κ1) is 17.0. The van der Waals surface area contributed by atoms with Gasteiger partial charge >= 0.3 is 0 Å². The average molecular weight is 355 g/mol. The number of aryl methyl sites for hydroxylation is 1. The van der Waals surface area contributed by atoms with Gasteiger partial charge in [0.1, 0.15) is 11.3 Å². The molecule has 26 heavy (non-hydrogen) atoms. The zero-order chi connectivity index (χ0) is 18.3. The van der Waals surface area contributed by atoms with Crippen LogP contribution in [0.25, 0.3) is 0 Å². The third kappa shape index (κ3) is 2.76. The van der Waals surface area contributed by atoms with Crippen molar-refractivity contribution in [3.05, 3.63) is 41.5 Å². The van der Waals surface area contributed by atoms with Gasteiger partial charge < -0.3 is 19.1 Å². The van der Waals surface area contributed by atoms with E-state index < -0.39 is 5.60 Å². The van der Waals surface area contributed by atoms with Gasteiger partial charge in [0, 0.05) is 46.6 Å². The molecule has 2 aliphatic rings. The molecule has 0 radical (unpaired) electrons. The highest BCUT2D eigenvalue weighted by molar-refractivity contribution is 5.92. The number of likely N-dealkylation sites (tertiary alicyclic amines) is 1. The molecule has 1 amide bonds. The van der Waals surface area contributed by atoms with Crippen LogP contribution in [0.4, 0.5) is 5.95 Å². The van der Waals surface area contributed by atoms with Crippen molar-refractivity contribution in [1.82, 2.24) is 19.4 Å². The van der Waals surface area contributed by atoms with Crippen molar-refractivity contribution in [2.45, 2.75) is 24.9 Å². The Balaban J connectivity index is 1.57. The molecule has 2 aromatic rings. The Labute approximate surface area is 153 Å². The SMILES string of the molecule is CN(C)c1ncc2c(n1)C1(CCN(C(=O)c3cccn3C)CC1)OCC2. The third-order valence-electron chi connectivity index (χ3n) is 5.45. The summed E-state index contributed by atoms with van der Waals surface area (Å²) in [7, 11) is 5.79. The van der Waals surface area contributed by atoms with E-state index >= 15 is 0 Å². The van der Waals surface area contributed by atoms with Gasteiger partial charge in [-0.05, 0) is 37.0 Å². The van der Waals surface area contributed by atoms with Gasteiger partial charge in [-0.25, -0.2) is 9.97 Å². The highest BCUT2D eigenvalue weighted by Crippen LogP contribution is 2.40. The summed E-state index contributed by atoms with van der Waals surface area (Å²) in [6.07, 6.45) is 6.21. The van der Waals surface area contributed by atoms with Crippen molar-refractivity contribution in [1.29, 1.82) is 0 Å². The Morgan fingerprint density at radius 2 is 2.08 bits per heavy atom. The van der Waals surface area contributed by atoms with Gasteiger partial charge in [-0.1, -0.05) is 0 Å². The lowest BCUT2D eigenvalue weighted by atomic mass is 9.83. The number of piperidine rings is 1. The van der Waals surface area contributed by atoms with Gasteiger partial charge in [0.25, 0.3) is 5.91 Å². The van der Waals surface area contributed by atoms with Gasteiger partial charge in [-0.2, -0.15) is 0 Å². The van der Waals surface area contributed by atoms with E-state index in [-0.39, 0.29) is 5.91 Å². The average Bonchev–Trinajstić information content (AvgIpc) is 3.08. The molecule has 1 spiro atoms. The van der Waals surface area contributed by atoms with Gasteiger partial charge in [0.05, 0.1) is 12.3 Å². The van der Waals surface area contributed by atoms with Gasteiger partial charge in [-0.3, -0.25) is 4.79 Å². The number of anilines is 1. The molecule has 7 nitrogen and oxygen atoms in total. The van der Waals surface area contributed by atoms with Gasteiger partial charge in [-0.15, -0.1) is 0 Å². The highest BCUT2D eigenvalue weighted by atomic mass is 16.5. The maximum Gasteiger partial charge on any atom is 0.270 e. The van der Waals surface area contributed by atoms with E-state index in [0.717, 1.165) is 30.7 Å². The van der Waals surface area contributed by atoms with Crippen molar-refractivity contribution in [2.24, 2.45) is 7.05 Å². The normalized spacial score (nSPS) is 18.7. The summed E-state index contributed by atoms with van der Waals surface area (Å²) in [5, 5.41) is 0. The Hall–Kier alpha value is -2.41. The summed E-state index contributed by atoms with van der Waals surface area (Å²) in [4.78, 5) is 25.9. The molecule has 0 unspecified atom stereocenters. The minimum Gasteiger partial charge on any atom is -0.368 e. The Bertz CT molecular complexity index is 821. The first-order valence-corrected chi connectivity index (χ1v) is 9.08. The summed E-state index contributed by atoms with van der Waals surface area (Å²) in [5.41, 5.74) is 2.51. The smallest absolute Gasteiger partial charge is 0.270 e. The van der Waals surface area contributed by atoms with Gasteiger partial charge in [0.15, 0.2) is 0 Å². The lowest BCUT2D eigenvalue weighted by Gasteiger charge is -2.44. The van der Waals surface area contributed by atoms with Crippen LogP contribution in [0.5, 0.6) is 0 Å². The van der Waals surface area contributed by atoms with Crippen LogP contribution in [0.1, 0.15) is 34.6 Å². The third-order valence-corrected chi connectivity index (χ3v) is 5.45. The minimum atomic E-state index is -0.397. The molecule has 7 heteroatoms. The van der Waals surface area contributed by atoms with E-state index in [1.807, 2.05) is 60.0 Å². The number of fused-ring (bicyclic) bond motifs is 2. The molecule has 4 heterocycles. The Kier molecular flexibility index (Phi) is 4.19. The minimum absolute atomic E-state index is 0.0834. The number of rotatable bonds is 2. The summed E-state index contributed by atoms with van der Waals surface area (Å²) >= 11 is 0. The van der Waals surface area contributed by atoms with Crippen LogP contribution in [-0.4, -0.2) is 59.1 Å². The van der Waals surface area contributed by atoms with E-state index in [2.05, 4.69) is 4.98 Å². The second-order valence-corrected chi connectivity index (χ2v) is 7.33. The second kappa shape index (κ2) is 6.39. The molecule has 0 saturated carbocycles. The number of hydrogen-bond donors (Lipinski definition) is 0. The molecule has 0 aliphatic carbocycles. The van der Waals surface area contributed by atoms with Crippen LogP contribution in [0, 0.1) is 0 Å². The van der Waals surface area contributed by atoms with Crippen LogP contribution in [0.2, 0.25) is 0 Å². The fourth-order valence-electron chi connectivity index (χ4n) is 3.91. The van der Waals surface area contributed by atoms with E-state index in [1.165, 1.54) is 5.56 Å². The molecule has 138 valence electrons. The van der Waals surface area contributed by atoms with Crippen LogP contribution in [-0.2, 0) is 23.8 Å². The van der Waals surface area contributed by atoms with Crippen molar-refractivity contribution in [3.63, 3.8) is 0 Å². The van der Waals surface area contributed by atoms with Crippen LogP contribution >= 0.6 is 0 Å². The monoisotopic (exact) mass is 355 g/mol. The maximum atomic E-state index is 12.8. The van der Waals surface area contributed by atoms with Gasteiger partial charge in [0.2, 0.25) is 5.95 Å². The quantitative estimate of drug-likeness (QED) is 0.819. The van der Waals surface area contributed by atoms with E-state index in [9.17, 15) is 4.79 Å². The predicted molar refractivity (Wildman–Crippen MR) is 98.2 cm³/mol. The fraction of sp³-hybridized carbons (Fsp3) is 0.526. The van der Waals surface area contributed by atoms with Crippen molar-refractivity contribution < 1.29 is 9.53 Å². The molecule has 1 saturated heterocycles. The zero-order valence-corrected chi connectivity index (χ0v) is 15.6. The Morgan fingerprint density at radius 1 is 1.31 bits per heavy atom. The molecule has 0 aromatic carbocycles. The number of ether oxygens (including phenoxy) is 1. The molecule has 4 rings (SSSR count). The topological polar surface area (TPSA) is 63.5 Å². The number of carbonyl (C=O) groups excluding carboxylic acids is 1. The second-order valence-electron chi connectivity index (χ2n) is 7.33. The van der Waals surface area contributed by atoms with Crippen LogP contribution in [0.3, 0.4) is 0 Å². The standard InChI is InChI=1S/C19H25N5O2/c1-22(2)18-20-13-14-6-12-26-19(16(14)21-18)7-10-24(11-8-19)17(25)15-5-4-9-23(15)3/h4-5,9,13H,6-8,10-12H2,1-3H3. The number of aromatic nitrogens is 3. The maximum absolute atomic E-state index is 12.8. The summed E-state index contributed by atoms with van der Waals surface area (Å²) in [6, 6.07) is 3.77. The molecular formula is C19H25N5O2. The first-order valence-electron chi connectivity index (χ1n) is 9.08. The first-order chi connectivity index (χ1) is 12.5. The lowest BCUT2D eigenvalue weighted by Crippen LogP contribution is -2.49. The largest absolute Gasteiger partial charge is 0.368 e. The summed E-state index contributed by atoms with van der Waals surface area (Å²) in [5.74, 6) is 0.788. The van der Waals surface area contributed by atoms with E-state index in [4.69, 9.17) is 9.72 Å². The van der Waals surface area contributed by atoms with Crippen LogP contribution < -0.4 is 4.90 Å². The van der Waals surface area contributed by atoms with Crippen LogP contribution in [0.15, 0.2) is 24.5 Å². The molecule has 1 fully saturated rings. The van der Waals surface area contributed by atoms with Crippen molar-refractivity contribution in [3.8, 4) is 0 Å². The predicted octanol–water partition coefficient (Wildman–Crippen LogP) is 1.59. The lowest BCUT2D eigenvalue weighted by molar-refractivity contribution is -0.0967. The molecule has 2 aliphatic heterocycles. The number of hydrogen-bond acceptors (Lipinski definition) is 5. The van der Waals surface area contributed by atoms with E-state index in [0.29, 0.717) is 25.6 Å². The van der Waals surface area contributed by atoms with Crippen molar-refractivity contribution in [2.75, 3.05) is 38.7 Å². The summed E-state index contributed by atoms with van der Waals surface area (Å²) in [6.45, 7) is 2.03. The number of carbonyl (C=O) groups is 1. The molecular weight excluding hydrogens is 330 g/mol. The zero-order valence-electron chi connectivity index (χ0n) is 15.6. The molecule has 0 N–H and O–H groups in total. The highest BCUT2D eigenvalue weighted by Gasteiger charge is 2.43. The number of amides is 1.